The topological polar surface area (TPSA) is 17.3 Å². The summed E-state index contributed by atoms with van der Waals surface area (Å²) >= 11 is 0. The van der Waals surface area contributed by atoms with Crippen molar-refractivity contribution in [3.05, 3.63) is 40.5 Å². The lowest BCUT2D eigenvalue weighted by molar-refractivity contribution is 0.262. The normalized spacial score (nSPS) is 17.5. The Bertz CT molecular complexity index is 406. The van der Waals surface area contributed by atoms with Gasteiger partial charge in [-0.3, -0.25) is 4.90 Å². The Hall–Kier alpha value is -1.12. The minimum Gasteiger partial charge on any atom is -0.297 e. The Morgan fingerprint density at radius 1 is 1.11 bits per heavy atom. The Morgan fingerprint density at radius 3 is 2.33 bits per heavy atom. The van der Waals surface area contributed by atoms with Crippen molar-refractivity contribution in [3.8, 4) is 0 Å². The molecule has 0 bridgehead atoms. The number of piperazine rings is 1. The zero-order valence-corrected chi connectivity index (χ0v) is 11.7. The van der Waals surface area contributed by atoms with Gasteiger partial charge in [0.15, 0.2) is 0 Å². The van der Waals surface area contributed by atoms with Crippen LogP contribution in [0.15, 0.2) is 18.2 Å². The average molecular weight is 243 g/mol. The van der Waals surface area contributed by atoms with Gasteiger partial charge in [0, 0.05) is 32.7 Å². The van der Waals surface area contributed by atoms with E-state index < -0.39 is 0 Å². The molecule has 0 spiro atoms. The number of aryl methyl sites for hydroxylation is 2. The van der Waals surface area contributed by atoms with E-state index >= 15 is 0 Å². The van der Waals surface area contributed by atoms with Gasteiger partial charge >= 0.3 is 0 Å². The third-order valence-electron chi connectivity index (χ3n) is 3.77. The van der Waals surface area contributed by atoms with Gasteiger partial charge < -0.3 is 0 Å². The zero-order chi connectivity index (χ0) is 13.0. The van der Waals surface area contributed by atoms with Crippen LogP contribution in [0.1, 0.15) is 22.3 Å². The van der Waals surface area contributed by atoms with Crippen molar-refractivity contribution in [1.29, 1.82) is 0 Å². The van der Waals surface area contributed by atoms with Crippen molar-refractivity contribution in [2.75, 3.05) is 32.7 Å². The standard InChI is InChI=1S/C16H23N2/c1-13-11-16(12-14(2)15(13)3)5-4-8-18-9-6-17-7-10-18/h4-5,11-12H,6-10H2,1-3H3/b5-4+. The quantitative estimate of drug-likeness (QED) is 0.797. The van der Waals surface area contributed by atoms with Gasteiger partial charge in [-0.2, -0.15) is 0 Å². The van der Waals surface area contributed by atoms with Gasteiger partial charge in [-0.25, -0.2) is 5.32 Å². The Balaban J connectivity index is 1.96. The fourth-order valence-electron chi connectivity index (χ4n) is 2.33. The zero-order valence-electron chi connectivity index (χ0n) is 11.7. The number of benzene rings is 1. The van der Waals surface area contributed by atoms with Crippen molar-refractivity contribution in [1.82, 2.24) is 10.2 Å². The van der Waals surface area contributed by atoms with E-state index in [4.69, 9.17) is 0 Å². The summed E-state index contributed by atoms with van der Waals surface area (Å²) in [6.45, 7) is 11.8. The summed E-state index contributed by atoms with van der Waals surface area (Å²) in [5.41, 5.74) is 5.49. The minimum atomic E-state index is 0.997. The monoisotopic (exact) mass is 243 g/mol. The SMILES string of the molecule is Cc1cc(/C=C/CN2CC[N]CC2)cc(C)c1C. The van der Waals surface area contributed by atoms with Crippen LogP contribution < -0.4 is 5.32 Å². The van der Waals surface area contributed by atoms with Crippen LogP contribution >= 0.6 is 0 Å². The molecule has 1 aliphatic rings. The van der Waals surface area contributed by atoms with Crippen LogP contribution in [0.2, 0.25) is 0 Å². The van der Waals surface area contributed by atoms with Crippen molar-refractivity contribution in [2.24, 2.45) is 0 Å². The van der Waals surface area contributed by atoms with Gasteiger partial charge in [0.1, 0.15) is 0 Å². The number of rotatable bonds is 3. The van der Waals surface area contributed by atoms with E-state index in [1.165, 1.54) is 22.3 Å². The molecule has 2 heteroatoms. The second-order valence-corrected chi connectivity index (χ2v) is 5.15. The van der Waals surface area contributed by atoms with Crippen LogP contribution in [0, 0.1) is 20.8 Å². The average Bonchev–Trinajstić information content (AvgIpc) is 2.37. The van der Waals surface area contributed by atoms with E-state index in [9.17, 15) is 0 Å². The van der Waals surface area contributed by atoms with Crippen molar-refractivity contribution < 1.29 is 0 Å². The molecule has 0 N–H and O–H groups in total. The maximum atomic E-state index is 4.36. The Morgan fingerprint density at radius 2 is 1.72 bits per heavy atom. The van der Waals surface area contributed by atoms with Gasteiger partial charge in [-0.05, 0) is 43.0 Å². The van der Waals surface area contributed by atoms with Gasteiger partial charge in [-0.1, -0.05) is 24.3 Å². The third kappa shape index (κ3) is 3.44. The molecule has 0 atom stereocenters. The first-order valence-corrected chi connectivity index (χ1v) is 6.77. The second kappa shape index (κ2) is 6.17. The van der Waals surface area contributed by atoms with Gasteiger partial charge in [0.25, 0.3) is 0 Å². The highest BCUT2D eigenvalue weighted by Gasteiger charge is 2.07. The number of hydrogen-bond acceptors (Lipinski definition) is 1. The van der Waals surface area contributed by atoms with E-state index in [1.54, 1.807) is 0 Å². The first kappa shape index (κ1) is 13.3. The highest BCUT2D eigenvalue weighted by molar-refractivity contribution is 5.54. The smallest absolute Gasteiger partial charge is 0.0261 e. The number of hydrogen-bond donors (Lipinski definition) is 0. The highest BCUT2D eigenvalue weighted by atomic mass is 15.2. The van der Waals surface area contributed by atoms with E-state index in [2.05, 4.69) is 55.3 Å². The minimum absolute atomic E-state index is 0.997. The molecule has 1 heterocycles. The molecule has 1 aromatic rings. The molecule has 1 fully saturated rings. The first-order chi connectivity index (χ1) is 8.66. The maximum Gasteiger partial charge on any atom is 0.0261 e. The predicted octanol–water partition coefficient (Wildman–Crippen LogP) is 2.55. The lowest BCUT2D eigenvalue weighted by Gasteiger charge is -2.24. The summed E-state index contributed by atoms with van der Waals surface area (Å²) < 4.78 is 0. The molecule has 1 radical (unpaired) electrons. The lowest BCUT2D eigenvalue weighted by atomic mass is 10.0. The van der Waals surface area contributed by atoms with Gasteiger partial charge in [0.2, 0.25) is 0 Å². The molecule has 0 aromatic heterocycles. The lowest BCUT2D eigenvalue weighted by Crippen LogP contribution is -2.40. The fourth-order valence-corrected chi connectivity index (χ4v) is 2.33. The molecule has 2 nitrogen and oxygen atoms in total. The van der Waals surface area contributed by atoms with Gasteiger partial charge in [0.05, 0.1) is 0 Å². The first-order valence-electron chi connectivity index (χ1n) is 6.77. The van der Waals surface area contributed by atoms with E-state index in [1.807, 2.05) is 0 Å². The van der Waals surface area contributed by atoms with Crippen LogP contribution in [-0.2, 0) is 0 Å². The van der Waals surface area contributed by atoms with Crippen molar-refractivity contribution in [2.45, 2.75) is 20.8 Å². The van der Waals surface area contributed by atoms with E-state index in [-0.39, 0.29) is 0 Å². The molecule has 0 saturated carbocycles. The summed E-state index contributed by atoms with van der Waals surface area (Å²) in [5.74, 6) is 0. The van der Waals surface area contributed by atoms with Crippen LogP contribution in [0.25, 0.3) is 6.08 Å². The maximum absolute atomic E-state index is 4.36. The number of nitrogens with zero attached hydrogens (tertiary/aromatic N) is 2. The third-order valence-corrected chi connectivity index (χ3v) is 3.77. The van der Waals surface area contributed by atoms with Crippen LogP contribution in [0.3, 0.4) is 0 Å². The highest BCUT2D eigenvalue weighted by Crippen LogP contribution is 2.16. The molecule has 2 rings (SSSR count). The fraction of sp³-hybridized carbons (Fsp3) is 0.500. The summed E-state index contributed by atoms with van der Waals surface area (Å²) in [4.78, 5) is 2.46. The second-order valence-electron chi connectivity index (χ2n) is 5.15. The summed E-state index contributed by atoms with van der Waals surface area (Å²) in [5, 5.41) is 4.36. The largest absolute Gasteiger partial charge is 0.297 e. The molecule has 0 aliphatic carbocycles. The predicted molar refractivity (Wildman–Crippen MR) is 78.0 cm³/mol. The van der Waals surface area contributed by atoms with Crippen LogP contribution in [0.4, 0.5) is 0 Å². The van der Waals surface area contributed by atoms with Gasteiger partial charge in [-0.15, -0.1) is 0 Å². The summed E-state index contributed by atoms with van der Waals surface area (Å²) in [7, 11) is 0. The van der Waals surface area contributed by atoms with Crippen LogP contribution in [0.5, 0.6) is 0 Å². The Labute approximate surface area is 111 Å². The van der Waals surface area contributed by atoms with Crippen LogP contribution in [-0.4, -0.2) is 37.6 Å². The van der Waals surface area contributed by atoms with E-state index in [0.717, 1.165) is 32.7 Å². The summed E-state index contributed by atoms with van der Waals surface area (Å²) in [6.07, 6.45) is 4.51. The molecule has 1 saturated heterocycles. The molecule has 1 aliphatic heterocycles. The molecule has 1 aromatic carbocycles. The van der Waals surface area contributed by atoms with Crippen molar-refractivity contribution >= 4 is 6.08 Å². The molecule has 97 valence electrons. The Kier molecular flexibility index (Phi) is 4.56. The summed E-state index contributed by atoms with van der Waals surface area (Å²) in [6, 6.07) is 4.54. The van der Waals surface area contributed by atoms with Crippen molar-refractivity contribution in [3.63, 3.8) is 0 Å². The molecule has 0 amide bonds. The molecular formula is C16H23N2. The molecular weight excluding hydrogens is 220 g/mol. The van der Waals surface area contributed by atoms with E-state index in [0.29, 0.717) is 0 Å². The molecule has 18 heavy (non-hydrogen) atoms. The molecule has 0 unspecified atom stereocenters.